The average Bonchev–Trinajstić information content (AvgIpc) is 3.03. The van der Waals surface area contributed by atoms with E-state index in [1.807, 2.05) is 35.1 Å². The number of alkyl halides is 1. The zero-order valence-corrected chi connectivity index (χ0v) is 13.6. The molecular formula is C16H19ClN4O2. The highest BCUT2D eigenvalue weighted by molar-refractivity contribution is 6.17. The maximum Gasteiger partial charge on any atom is 0.265 e. The molecule has 0 radical (unpaired) electrons. The Balaban J connectivity index is 1.56. The van der Waals surface area contributed by atoms with Crippen LogP contribution in [0.15, 0.2) is 30.5 Å². The molecule has 1 amide bonds. The van der Waals surface area contributed by atoms with Crippen molar-refractivity contribution in [1.82, 2.24) is 15.0 Å². The van der Waals surface area contributed by atoms with Crippen molar-refractivity contribution in [3.8, 4) is 5.75 Å². The van der Waals surface area contributed by atoms with Crippen LogP contribution in [0.5, 0.6) is 5.75 Å². The van der Waals surface area contributed by atoms with Crippen molar-refractivity contribution in [2.75, 3.05) is 23.9 Å². The van der Waals surface area contributed by atoms with E-state index in [-0.39, 0.29) is 12.5 Å². The van der Waals surface area contributed by atoms with Crippen molar-refractivity contribution >= 4 is 23.2 Å². The first kappa shape index (κ1) is 15.8. The number of hydrogen-bond acceptors (Lipinski definition) is 4. The van der Waals surface area contributed by atoms with E-state index in [2.05, 4.69) is 10.3 Å². The molecule has 0 saturated heterocycles. The molecule has 2 aromatic rings. The van der Waals surface area contributed by atoms with Gasteiger partial charge in [-0.3, -0.25) is 9.48 Å². The average molecular weight is 335 g/mol. The topological polar surface area (TPSA) is 60.2 Å². The number of rotatable bonds is 7. The molecule has 1 aromatic carbocycles. The molecular weight excluding hydrogens is 316 g/mol. The number of amides is 1. The van der Waals surface area contributed by atoms with Crippen molar-refractivity contribution in [3.05, 3.63) is 36.2 Å². The summed E-state index contributed by atoms with van der Waals surface area (Å²) in [6, 6.07) is 7.61. The van der Waals surface area contributed by atoms with Crippen LogP contribution in [-0.4, -0.2) is 39.9 Å². The summed E-state index contributed by atoms with van der Waals surface area (Å²) in [7, 11) is 0. The second-order valence-electron chi connectivity index (χ2n) is 5.42. The number of para-hydroxylation sites is 2. The number of anilines is 1. The van der Waals surface area contributed by atoms with Gasteiger partial charge >= 0.3 is 0 Å². The van der Waals surface area contributed by atoms with E-state index >= 15 is 0 Å². The number of carbonyl (C=O) groups excluding carboxylic acids is 1. The Labute approximate surface area is 140 Å². The zero-order chi connectivity index (χ0) is 16.1. The molecule has 1 aliphatic heterocycles. The molecule has 1 aliphatic rings. The number of carbonyl (C=O) groups is 1. The van der Waals surface area contributed by atoms with E-state index in [1.54, 1.807) is 4.90 Å². The Bertz CT molecular complexity index is 674. The van der Waals surface area contributed by atoms with Gasteiger partial charge in [-0.05, 0) is 31.4 Å². The molecule has 122 valence electrons. The fourth-order valence-corrected chi connectivity index (χ4v) is 2.73. The standard InChI is InChI=1S/C16H19ClN4O2/c17-8-3-5-13-11-20(19-18-13)9-4-10-21-14-6-1-2-7-15(14)23-12-16(21)22/h1-2,6-7,11H,3-5,8-10,12H2. The highest BCUT2D eigenvalue weighted by Crippen LogP contribution is 2.31. The minimum absolute atomic E-state index is 0.00917. The summed E-state index contributed by atoms with van der Waals surface area (Å²) in [5.41, 5.74) is 1.79. The third-order valence-electron chi connectivity index (χ3n) is 3.73. The summed E-state index contributed by atoms with van der Waals surface area (Å²) in [6.45, 7) is 1.46. The van der Waals surface area contributed by atoms with E-state index in [0.717, 1.165) is 42.9 Å². The zero-order valence-electron chi connectivity index (χ0n) is 12.8. The number of nitrogens with zero attached hydrogens (tertiary/aromatic N) is 4. The number of aryl methyl sites for hydroxylation is 2. The second kappa shape index (κ2) is 7.46. The molecule has 0 bridgehead atoms. The van der Waals surface area contributed by atoms with Crippen LogP contribution in [0.1, 0.15) is 18.5 Å². The van der Waals surface area contributed by atoms with Crippen LogP contribution in [0.2, 0.25) is 0 Å². The number of ether oxygens (including phenoxy) is 1. The predicted molar refractivity (Wildman–Crippen MR) is 88.0 cm³/mol. The van der Waals surface area contributed by atoms with Crippen LogP contribution >= 0.6 is 11.6 Å². The van der Waals surface area contributed by atoms with Gasteiger partial charge in [0.2, 0.25) is 0 Å². The van der Waals surface area contributed by atoms with E-state index in [4.69, 9.17) is 16.3 Å². The fraction of sp³-hybridized carbons (Fsp3) is 0.438. The van der Waals surface area contributed by atoms with E-state index in [1.165, 1.54) is 0 Å². The second-order valence-corrected chi connectivity index (χ2v) is 5.80. The van der Waals surface area contributed by atoms with Crippen LogP contribution in [0.3, 0.4) is 0 Å². The Morgan fingerprint density at radius 2 is 2.09 bits per heavy atom. The van der Waals surface area contributed by atoms with E-state index < -0.39 is 0 Å². The molecule has 0 fully saturated rings. The third kappa shape index (κ3) is 3.82. The van der Waals surface area contributed by atoms with Crippen LogP contribution < -0.4 is 9.64 Å². The van der Waals surface area contributed by atoms with Crippen molar-refractivity contribution in [3.63, 3.8) is 0 Å². The first-order valence-electron chi connectivity index (χ1n) is 7.75. The molecule has 0 saturated carbocycles. The molecule has 6 nitrogen and oxygen atoms in total. The number of benzene rings is 1. The van der Waals surface area contributed by atoms with E-state index in [9.17, 15) is 4.79 Å². The summed E-state index contributed by atoms with van der Waals surface area (Å²) in [4.78, 5) is 13.9. The fourth-order valence-electron chi connectivity index (χ4n) is 2.60. The first-order valence-corrected chi connectivity index (χ1v) is 8.28. The quantitative estimate of drug-likeness (QED) is 0.729. The van der Waals surface area contributed by atoms with Gasteiger partial charge < -0.3 is 9.64 Å². The van der Waals surface area contributed by atoms with Gasteiger partial charge in [0.15, 0.2) is 6.61 Å². The van der Waals surface area contributed by atoms with Gasteiger partial charge in [0.25, 0.3) is 5.91 Å². The smallest absolute Gasteiger partial charge is 0.265 e. The monoisotopic (exact) mass is 334 g/mol. The highest BCUT2D eigenvalue weighted by Gasteiger charge is 2.24. The minimum atomic E-state index is -0.00917. The van der Waals surface area contributed by atoms with Gasteiger partial charge in [0, 0.05) is 25.2 Å². The summed E-state index contributed by atoms with van der Waals surface area (Å²) in [5, 5.41) is 8.23. The minimum Gasteiger partial charge on any atom is -0.482 e. The van der Waals surface area contributed by atoms with Crippen LogP contribution in [0.4, 0.5) is 5.69 Å². The van der Waals surface area contributed by atoms with Gasteiger partial charge in [-0.25, -0.2) is 0 Å². The molecule has 23 heavy (non-hydrogen) atoms. The van der Waals surface area contributed by atoms with Crippen LogP contribution in [0, 0.1) is 0 Å². The molecule has 0 aliphatic carbocycles. The summed E-state index contributed by atoms with van der Waals surface area (Å²) >= 11 is 5.68. The van der Waals surface area contributed by atoms with Crippen molar-refractivity contribution in [2.24, 2.45) is 0 Å². The molecule has 2 heterocycles. The number of halogens is 1. The first-order chi connectivity index (χ1) is 11.3. The number of aromatic nitrogens is 3. The maximum absolute atomic E-state index is 12.1. The third-order valence-corrected chi connectivity index (χ3v) is 4.00. The largest absolute Gasteiger partial charge is 0.482 e. The normalized spacial score (nSPS) is 13.8. The summed E-state index contributed by atoms with van der Waals surface area (Å²) in [6.07, 6.45) is 4.50. The SMILES string of the molecule is O=C1COc2ccccc2N1CCCn1cc(CCCCl)nn1. The van der Waals surface area contributed by atoms with Crippen molar-refractivity contribution < 1.29 is 9.53 Å². The summed E-state index contributed by atoms with van der Waals surface area (Å²) < 4.78 is 7.26. The summed E-state index contributed by atoms with van der Waals surface area (Å²) in [5.74, 6) is 1.38. The number of hydrogen-bond donors (Lipinski definition) is 0. The Morgan fingerprint density at radius 1 is 1.22 bits per heavy atom. The van der Waals surface area contributed by atoms with Crippen molar-refractivity contribution in [1.29, 1.82) is 0 Å². The molecule has 0 N–H and O–H groups in total. The lowest BCUT2D eigenvalue weighted by molar-refractivity contribution is -0.121. The van der Waals surface area contributed by atoms with Crippen LogP contribution in [-0.2, 0) is 17.8 Å². The maximum atomic E-state index is 12.1. The highest BCUT2D eigenvalue weighted by atomic mass is 35.5. The predicted octanol–water partition coefficient (Wildman–Crippen LogP) is 2.27. The lowest BCUT2D eigenvalue weighted by atomic mass is 10.2. The Hall–Kier alpha value is -2.08. The molecule has 1 aromatic heterocycles. The van der Waals surface area contributed by atoms with E-state index in [0.29, 0.717) is 12.4 Å². The molecule has 0 unspecified atom stereocenters. The number of fused-ring (bicyclic) bond motifs is 1. The lowest BCUT2D eigenvalue weighted by Gasteiger charge is -2.29. The molecule has 0 spiro atoms. The van der Waals surface area contributed by atoms with Crippen molar-refractivity contribution in [2.45, 2.75) is 25.8 Å². The molecule has 0 atom stereocenters. The molecule has 7 heteroatoms. The van der Waals surface area contributed by atoms with Gasteiger partial charge in [0.1, 0.15) is 5.75 Å². The lowest BCUT2D eigenvalue weighted by Crippen LogP contribution is -2.39. The van der Waals surface area contributed by atoms with Gasteiger partial charge in [0.05, 0.1) is 11.4 Å². The van der Waals surface area contributed by atoms with Crippen LogP contribution in [0.25, 0.3) is 0 Å². The van der Waals surface area contributed by atoms with Gasteiger partial charge in [-0.2, -0.15) is 0 Å². The van der Waals surface area contributed by atoms with Gasteiger partial charge in [-0.1, -0.05) is 17.3 Å². The Morgan fingerprint density at radius 3 is 2.96 bits per heavy atom. The van der Waals surface area contributed by atoms with Gasteiger partial charge in [-0.15, -0.1) is 16.7 Å². The molecule has 3 rings (SSSR count). The Kier molecular flexibility index (Phi) is 5.12.